The van der Waals surface area contributed by atoms with Gasteiger partial charge in [0.05, 0.1) is 6.61 Å². The van der Waals surface area contributed by atoms with E-state index in [1.807, 2.05) is 6.92 Å². The first-order valence-electron chi connectivity index (χ1n) is 6.49. The van der Waals surface area contributed by atoms with E-state index >= 15 is 0 Å². The predicted molar refractivity (Wildman–Crippen MR) is 71.8 cm³/mol. The third-order valence-electron chi connectivity index (χ3n) is 2.58. The molecule has 0 aromatic rings. The van der Waals surface area contributed by atoms with Crippen molar-refractivity contribution in [3.8, 4) is 0 Å². The molecule has 1 atom stereocenters. The van der Waals surface area contributed by atoms with Gasteiger partial charge in [0.2, 0.25) is 0 Å². The van der Waals surface area contributed by atoms with Crippen molar-refractivity contribution >= 4 is 23.6 Å². The highest BCUT2D eigenvalue weighted by molar-refractivity contribution is 7.98. The minimum atomic E-state index is -6.02. The Balaban J connectivity index is 4.84. The molecule has 1 amide bonds. The van der Waals surface area contributed by atoms with Crippen LogP contribution in [0.5, 0.6) is 0 Å². The molecule has 0 radical (unpaired) electrons. The van der Waals surface area contributed by atoms with Crippen molar-refractivity contribution in [2.45, 2.75) is 44.3 Å². The standard InChI is InChI=1S/C12H18F5NO3S/c1-3-4-6-21-9(19)8(5-7-22-2)18-10(20)11(13,14)12(15,16)17/h8H,3-7H2,1-2H3,(H,18,20). The maximum Gasteiger partial charge on any atom is 0.463 e. The molecule has 0 saturated carbocycles. The summed E-state index contributed by atoms with van der Waals surface area (Å²) in [6.07, 6.45) is -3.24. The van der Waals surface area contributed by atoms with Crippen LogP contribution in [0, 0.1) is 0 Å². The van der Waals surface area contributed by atoms with Gasteiger partial charge in [0.25, 0.3) is 0 Å². The number of halogens is 5. The topological polar surface area (TPSA) is 55.4 Å². The van der Waals surface area contributed by atoms with Crippen LogP contribution in [0.25, 0.3) is 0 Å². The molecule has 0 aromatic heterocycles. The van der Waals surface area contributed by atoms with Crippen molar-refractivity contribution in [3.63, 3.8) is 0 Å². The maximum absolute atomic E-state index is 12.9. The number of thioether (sulfide) groups is 1. The van der Waals surface area contributed by atoms with Gasteiger partial charge in [-0.05, 0) is 24.9 Å². The lowest BCUT2D eigenvalue weighted by molar-refractivity contribution is -0.270. The van der Waals surface area contributed by atoms with E-state index < -0.39 is 30.0 Å². The number of carbonyl (C=O) groups excluding carboxylic acids is 2. The first-order valence-corrected chi connectivity index (χ1v) is 7.88. The van der Waals surface area contributed by atoms with Gasteiger partial charge in [0, 0.05) is 0 Å². The SMILES string of the molecule is CCCCOC(=O)C(CCSC)NC(=O)C(F)(F)C(F)(F)F. The molecule has 0 aliphatic heterocycles. The van der Waals surface area contributed by atoms with Gasteiger partial charge < -0.3 is 10.1 Å². The second-order valence-corrected chi connectivity index (χ2v) is 5.39. The number of hydrogen-bond donors (Lipinski definition) is 1. The van der Waals surface area contributed by atoms with Crippen LogP contribution in [0.3, 0.4) is 0 Å². The van der Waals surface area contributed by atoms with Gasteiger partial charge in [-0.15, -0.1) is 0 Å². The normalized spacial score (nSPS) is 13.6. The fourth-order valence-corrected chi connectivity index (χ4v) is 1.75. The lowest BCUT2D eigenvalue weighted by atomic mass is 10.2. The van der Waals surface area contributed by atoms with E-state index in [1.165, 1.54) is 17.1 Å². The smallest absolute Gasteiger partial charge is 0.463 e. The number of nitrogens with one attached hydrogen (secondary N) is 1. The lowest BCUT2D eigenvalue weighted by Crippen LogP contribution is -2.55. The molecule has 0 heterocycles. The molecular formula is C12H18F5NO3S. The highest BCUT2D eigenvalue weighted by atomic mass is 32.2. The molecule has 0 bridgehead atoms. The highest BCUT2D eigenvalue weighted by Crippen LogP contribution is 2.35. The maximum atomic E-state index is 12.9. The van der Waals surface area contributed by atoms with Gasteiger partial charge in [-0.1, -0.05) is 13.3 Å². The predicted octanol–water partition coefficient (Wildman–Crippen LogP) is 2.77. The molecule has 0 rings (SSSR count). The van der Waals surface area contributed by atoms with Crippen molar-refractivity contribution in [2.24, 2.45) is 0 Å². The summed E-state index contributed by atoms with van der Waals surface area (Å²) in [5.41, 5.74) is 0. The van der Waals surface area contributed by atoms with Crippen molar-refractivity contribution in [3.05, 3.63) is 0 Å². The van der Waals surface area contributed by atoms with Gasteiger partial charge in [-0.25, -0.2) is 4.79 Å². The second-order valence-electron chi connectivity index (χ2n) is 4.40. The molecule has 0 saturated heterocycles. The van der Waals surface area contributed by atoms with Crippen LogP contribution in [0.1, 0.15) is 26.2 Å². The van der Waals surface area contributed by atoms with Crippen LogP contribution < -0.4 is 5.32 Å². The number of ether oxygens (including phenoxy) is 1. The van der Waals surface area contributed by atoms with Gasteiger partial charge in [0.1, 0.15) is 6.04 Å². The monoisotopic (exact) mass is 351 g/mol. The van der Waals surface area contributed by atoms with Crippen LogP contribution in [0.15, 0.2) is 0 Å². The number of hydrogen-bond acceptors (Lipinski definition) is 4. The van der Waals surface area contributed by atoms with Crippen LogP contribution >= 0.6 is 11.8 Å². The fourth-order valence-electron chi connectivity index (χ4n) is 1.28. The molecule has 0 aliphatic rings. The Kier molecular flexibility index (Phi) is 8.72. The van der Waals surface area contributed by atoms with E-state index in [1.54, 1.807) is 6.26 Å². The third-order valence-corrected chi connectivity index (χ3v) is 3.23. The molecule has 1 unspecified atom stereocenters. The number of carbonyl (C=O) groups is 2. The fraction of sp³-hybridized carbons (Fsp3) is 0.833. The Morgan fingerprint density at radius 2 is 1.82 bits per heavy atom. The van der Waals surface area contributed by atoms with Gasteiger partial charge in [-0.2, -0.15) is 33.7 Å². The molecule has 4 nitrogen and oxygen atoms in total. The van der Waals surface area contributed by atoms with Gasteiger partial charge in [0.15, 0.2) is 0 Å². The summed E-state index contributed by atoms with van der Waals surface area (Å²) >= 11 is 1.25. The summed E-state index contributed by atoms with van der Waals surface area (Å²) in [6, 6.07) is -1.54. The van der Waals surface area contributed by atoms with Crippen molar-refractivity contribution in [1.29, 1.82) is 0 Å². The molecule has 130 valence electrons. The molecule has 0 fully saturated rings. The van der Waals surface area contributed by atoms with E-state index in [2.05, 4.69) is 0 Å². The van der Waals surface area contributed by atoms with Crippen LogP contribution in [0.2, 0.25) is 0 Å². The van der Waals surface area contributed by atoms with Gasteiger partial charge >= 0.3 is 24.0 Å². The molecule has 0 aromatic carbocycles. The van der Waals surface area contributed by atoms with E-state index in [9.17, 15) is 31.5 Å². The highest BCUT2D eigenvalue weighted by Gasteiger charge is 2.63. The molecular weight excluding hydrogens is 333 g/mol. The van der Waals surface area contributed by atoms with E-state index in [-0.39, 0.29) is 18.8 Å². The first kappa shape index (κ1) is 20.9. The quantitative estimate of drug-likeness (QED) is 0.394. The number of esters is 1. The van der Waals surface area contributed by atoms with Crippen molar-refractivity contribution < 1.29 is 36.3 Å². The summed E-state index contributed by atoms with van der Waals surface area (Å²) in [4.78, 5) is 22.8. The summed E-state index contributed by atoms with van der Waals surface area (Å²) in [5, 5.41) is 1.43. The van der Waals surface area contributed by atoms with Crippen LogP contribution in [-0.4, -0.2) is 48.6 Å². The Labute approximate surface area is 129 Å². The lowest BCUT2D eigenvalue weighted by Gasteiger charge is -2.22. The average Bonchev–Trinajstić information content (AvgIpc) is 2.41. The minimum Gasteiger partial charge on any atom is -0.464 e. The van der Waals surface area contributed by atoms with Gasteiger partial charge in [-0.3, -0.25) is 4.79 Å². The first-order chi connectivity index (χ1) is 10.1. The number of rotatable bonds is 9. The molecule has 22 heavy (non-hydrogen) atoms. The Morgan fingerprint density at radius 1 is 1.23 bits per heavy atom. The number of unbranched alkanes of at least 4 members (excludes halogenated alkanes) is 1. The number of alkyl halides is 5. The van der Waals surface area contributed by atoms with Crippen LogP contribution in [0.4, 0.5) is 22.0 Å². The van der Waals surface area contributed by atoms with E-state index in [4.69, 9.17) is 4.74 Å². The minimum absolute atomic E-state index is 0.0106. The van der Waals surface area contributed by atoms with E-state index in [0.717, 1.165) is 0 Å². The summed E-state index contributed by atoms with van der Waals surface area (Å²) in [7, 11) is 0. The summed E-state index contributed by atoms with van der Waals surface area (Å²) in [5.74, 6) is -8.85. The Morgan fingerprint density at radius 3 is 2.27 bits per heavy atom. The second kappa shape index (κ2) is 9.16. The zero-order valence-electron chi connectivity index (χ0n) is 12.1. The molecule has 0 aliphatic carbocycles. The summed E-state index contributed by atoms with van der Waals surface area (Å²) < 4.78 is 66.8. The van der Waals surface area contributed by atoms with Crippen molar-refractivity contribution in [1.82, 2.24) is 5.32 Å². The van der Waals surface area contributed by atoms with Crippen molar-refractivity contribution in [2.75, 3.05) is 18.6 Å². The summed E-state index contributed by atoms with van der Waals surface area (Å²) in [6.45, 7) is 1.83. The Hall–Kier alpha value is -1.06. The third kappa shape index (κ3) is 6.37. The molecule has 0 spiro atoms. The average molecular weight is 351 g/mol. The zero-order valence-corrected chi connectivity index (χ0v) is 13.0. The largest absolute Gasteiger partial charge is 0.464 e. The molecule has 10 heteroatoms. The van der Waals surface area contributed by atoms with E-state index in [0.29, 0.717) is 12.8 Å². The van der Waals surface area contributed by atoms with Crippen LogP contribution in [-0.2, 0) is 14.3 Å². The molecule has 1 N–H and O–H groups in total. The number of amides is 1. The zero-order chi connectivity index (χ0) is 17.4. The Bertz CT molecular complexity index is 376.